The van der Waals surface area contributed by atoms with Crippen LogP contribution in [-0.2, 0) is 6.42 Å². The zero-order chi connectivity index (χ0) is 17.8. The minimum atomic E-state index is -0.134. The molecule has 0 aliphatic heterocycles. The fourth-order valence-corrected chi connectivity index (χ4v) is 3.31. The molecule has 0 heterocycles. The van der Waals surface area contributed by atoms with Gasteiger partial charge in [0.05, 0.1) is 5.02 Å². The molecule has 0 spiro atoms. The van der Waals surface area contributed by atoms with Crippen molar-refractivity contribution in [3.05, 3.63) is 93.5 Å². The maximum absolute atomic E-state index is 6.51. The molecule has 0 fully saturated rings. The number of para-hydroxylation sites is 1. The molecular formula is C21H19Cl2NO. The molecule has 0 aliphatic carbocycles. The van der Waals surface area contributed by atoms with Crippen LogP contribution in [0.5, 0.6) is 11.5 Å². The molecule has 0 saturated heterocycles. The molecule has 1 unspecified atom stereocenters. The van der Waals surface area contributed by atoms with Crippen molar-refractivity contribution in [2.75, 3.05) is 0 Å². The number of hydrogen-bond acceptors (Lipinski definition) is 2. The second-order valence-corrected chi connectivity index (χ2v) is 6.74. The summed E-state index contributed by atoms with van der Waals surface area (Å²) in [5, 5.41) is 1.30. The molecule has 0 radical (unpaired) electrons. The number of nitrogens with two attached hydrogens (primary N) is 1. The Hall–Kier alpha value is -2.00. The van der Waals surface area contributed by atoms with Gasteiger partial charge in [0.15, 0.2) is 0 Å². The van der Waals surface area contributed by atoms with Gasteiger partial charge in [0.1, 0.15) is 11.5 Å². The number of ether oxygens (including phenoxy) is 1. The summed E-state index contributed by atoms with van der Waals surface area (Å²) in [6, 6.07) is 21.2. The van der Waals surface area contributed by atoms with Gasteiger partial charge in [0.2, 0.25) is 0 Å². The van der Waals surface area contributed by atoms with Crippen molar-refractivity contribution in [1.82, 2.24) is 0 Å². The topological polar surface area (TPSA) is 35.2 Å². The molecule has 4 heteroatoms. The number of halogens is 2. The van der Waals surface area contributed by atoms with E-state index < -0.39 is 0 Å². The van der Waals surface area contributed by atoms with E-state index in [9.17, 15) is 0 Å². The van der Waals surface area contributed by atoms with Gasteiger partial charge in [-0.05, 0) is 53.9 Å². The average molecular weight is 372 g/mol. The van der Waals surface area contributed by atoms with E-state index in [0.717, 1.165) is 28.2 Å². The van der Waals surface area contributed by atoms with Crippen molar-refractivity contribution in [1.29, 1.82) is 0 Å². The van der Waals surface area contributed by atoms with Gasteiger partial charge in [0.25, 0.3) is 0 Å². The highest BCUT2D eigenvalue weighted by molar-refractivity contribution is 6.36. The first-order chi connectivity index (χ1) is 12.0. The van der Waals surface area contributed by atoms with Crippen LogP contribution < -0.4 is 10.5 Å². The summed E-state index contributed by atoms with van der Waals surface area (Å²) < 4.78 is 5.81. The Morgan fingerprint density at radius 3 is 2.16 bits per heavy atom. The van der Waals surface area contributed by atoms with E-state index in [4.69, 9.17) is 33.7 Å². The van der Waals surface area contributed by atoms with E-state index in [1.54, 1.807) is 0 Å². The van der Waals surface area contributed by atoms with Gasteiger partial charge in [-0.1, -0.05) is 59.6 Å². The van der Waals surface area contributed by atoms with Gasteiger partial charge in [0, 0.05) is 17.5 Å². The molecule has 2 N–H and O–H groups in total. The highest BCUT2D eigenvalue weighted by atomic mass is 35.5. The van der Waals surface area contributed by atoms with Crippen LogP contribution in [0.2, 0.25) is 10.0 Å². The van der Waals surface area contributed by atoms with Crippen molar-refractivity contribution in [2.45, 2.75) is 19.4 Å². The van der Waals surface area contributed by atoms with Gasteiger partial charge in [-0.15, -0.1) is 0 Å². The van der Waals surface area contributed by atoms with Crippen molar-refractivity contribution < 1.29 is 4.74 Å². The van der Waals surface area contributed by atoms with Crippen molar-refractivity contribution in [3.63, 3.8) is 0 Å². The van der Waals surface area contributed by atoms with Crippen LogP contribution in [0.4, 0.5) is 0 Å². The molecule has 0 aliphatic rings. The third-order valence-corrected chi connectivity index (χ3v) is 4.79. The maximum Gasteiger partial charge on any atom is 0.127 e. The third kappa shape index (κ3) is 4.35. The highest BCUT2D eigenvalue weighted by Crippen LogP contribution is 2.33. The Morgan fingerprint density at radius 2 is 1.52 bits per heavy atom. The predicted octanol–water partition coefficient (Wildman–Crippen LogP) is 6.40. The van der Waals surface area contributed by atoms with Crippen LogP contribution in [0.25, 0.3) is 0 Å². The Balaban J connectivity index is 1.79. The van der Waals surface area contributed by atoms with Crippen LogP contribution in [0.1, 0.15) is 29.7 Å². The maximum atomic E-state index is 6.51. The molecule has 2 nitrogen and oxygen atoms in total. The first-order valence-electron chi connectivity index (χ1n) is 8.09. The molecule has 0 bridgehead atoms. The lowest BCUT2D eigenvalue weighted by atomic mass is 10.00. The van der Waals surface area contributed by atoms with Crippen molar-refractivity contribution in [3.8, 4) is 11.5 Å². The fourth-order valence-electron chi connectivity index (χ4n) is 2.63. The Kier molecular flexibility index (Phi) is 5.64. The molecule has 0 amide bonds. The van der Waals surface area contributed by atoms with Gasteiger partial charge < -0.3 is 10.5 Å². The van der Waals surface area contributed by atoms with Gasteiger partial charge >= 0.3 is 0 Å². The molecule has 1 atom stereocenters. The number of hydrogen-bond donors (Lipinski definition) is 1. The highest BCUT2D eigenvalue weighted by Gasteiger charge is 2.13. The van der Waals surface area contributed by atoms with Crippen LogP contribution in [0.3, 0.4) is 0 Å². The second kappa shape index (κ2) is 7.92. The molecule has 25 heavy (non-hydrogen) atoms. The monoisotopic (exact) mass is 371 g/mol. The fraction of sp³-hybridized carbons (Fsp3) is 0.143. The van der Waals surface area contributed by atoms with Crippen molar-refractivity contribution >= 4 is 23.2 Å². The standard InChI is InChI=1S/C21H19Cl2NO/c1-14(24)18-11-12-20(22)19(21(18)23)13-15-7-9-17(10-8-15)25-16-5-3-2-4-6-16/h2-12,14H,13,24H2,1H3. The SMILES string of the molecule is CC(N)c1ccc(Cl)c(Cc2ccc(Oc3ccccc3)cc2)c1Cl. The summed E-state index contributed by atoms with van der Waals surface area (Å²) in [7, 11) is 0. The quantitative estimate of drug-likeness (QED) is 0.563. The lowest BCUT2D eigenvalue weighted by Crippen LogP contribution is -2.07. The molecule has 3 aromatic carbocycles. The zero-order valence-electron chi connectivity index (χ0n) is 13.9. The molecule has 128 valence electrons. The van der Waals surface area contributed by atoms with Crippen molar-refractivity contribution in [2.24, 2.45) is 5.73 Å². The Bertz CT molecular complexity index is 846. The zero-order valence-corrected chi connectivity index (χ0v) is 15.4. The first-order valence-corrected chi connectivity index (χ1v) is 8.84. The second-order valence-electron chi connectivity index (χ2n) is 5.95. The van der Waals surface area contributed by atoms with Crippen LogP contribution in [-0.4, -0.2) is 0 Å². The number of rotatable bonds is 5. The summed E-state index contributed by atoms with van der Waals surface area (Å²) in [6.45, 7) is 1.91. The lowest BCUT2D eigenvalue weighted by Gasteiger charge is -2.14. The minimum Gasteiger partial charge on any atom is -0.457 e. The van der Waals surface area contributed by atoms with Crippen LogP contribution in [0, 0.1) is 0 Å². The first kappa shape index (κ1) is 17.8. The van der Waals surface area contributed by atoms with Crippen LogP contribution >= 0.6 is 23.2 Å². The Labute approximate surface area is 158 Å². The average Bonchev–Trinajstić information content (AvgIpc) is 2.60. The molecular weight excluding hydrogens is 353 g/mol. The minimum absolute atomic E-state index is 0.134. The summed E-state index contributed by atoms with van der Waals surface area (Å²) >= 11 is 12.9. The van der Waals surface area contributed by atoms with E-state index in [1.807, 2.05) is 73.7 Å². The van der Waals surface area contributed by atoms with Gasteiger partial charge in [-0.2, -0.15) is 0 Å². The predicted molar refractivity (Wildman–Crippen MR) is 105 cm³/mol. The van der Waals surface area contributed by atoms with E-state index in [-0.39, 0.29) is 6.04 Å². The normalized spacial score (nSPS) is 12.0. The molecule has 0 saturated carbocycles. The Morgan fingerprint density at radius 1 is 0.880 bits per heavy atom. The third-order valence-electron chi connectivity index (χ3n) is 3.99. The summed E-state index contributed by atoms with van der Waals surface area (Å²) in [6.07, 6.45) is 0.643. The van der Waals surface area contributed by atoms with Gasteiger partial charge in [-0.3, -0.25) is 0 Å². The molecule has 3 rings (SSSR count). The van der Waals surface area contributed by atoms with E-state index in [0.29, 0.717) is 16.5 Å². The lowest BCUT2D eigenvalue weighted by molar-refractivity contribution is 0.482. The summed E-state index contributed by atoms with van der Waals surface area (Å²) in [4.78, 5) is 0. The number of benzene rings is 3. The van der Waals surface area contributed by atoms with Gasteiger partial charge in [-0.25, -0.2) is 0 Å². The summed E-state index contributed by atoms with van der Waals surface area (Å²) in [5.41, 5.74) is 8.88. The van der Waals surface area contributed by atoms with Crippen LogP contribution in [0.15, 0.2) is 66.7 Å². The molecule has 3 aromatic rings. The van der Waals surface area contributed by atoms with E-state index in [1.165, 1.54) is 0 Å². The largest absolute Gasteiger partial charge is 0.457 e. The molecule has 0 aromatic heterocycles. The van der Waals surface area contributed by atoms with E-state index >= 15 is 0 Å². The smallest absolute Gasteiger partial charge is 0.127 e. The van der Waals surface area contributed by atoms with E-state index in [2.05, 4.69) is 0 Å². The summed E-state index contributed by atoms with van der Waals surface area (Å²) in [5.74, 6) is 1.60.